The molecule has 0 radical (unpaired) electrons. The molecule has 0 spiro atoms. The summed E-state index contributed by atoms with van der Waals surface area (Å²) in [4.78, 5) is 0. The summed E-state index contributed by atoms with van der Waals surface area (Å²) in [5.41, 5.74) is 5.29. The van der Waals surface area contributed by atoms with Crippen molar-refractivity contribution < 1.29 is 0 Å². The number of rotatable bonds is 3. The zero-order valence-electron chi connectivity index (χ0n) is 9.00. The molecular formula is C9H22N2S2. The van der Waals surface area contributed by atoms with E-state index in [1.807, 2.05) is 6.92 Å². The van der Waals surface area contributed by atoms with E-state index < -0.39 is 0 Å². The summed E-state index contributed by atoms with van der Waals surface area (Å²) in [6.45, 7) is 8.25. The standard InChI is InChI=1S/C5H11NS2.C4H11N/c1-3-4(2)6-5(7)8;1-3-4(2)5/h4H,3H2,1-2H3,(H2,6,7,8);4H,3,5H2,1-2H3. The van der Waals surface area contributed by atoms with E-state index in [1.165, 1.54) is 0 Å². The van der Waals surface area contributed by atoms with E-state index in [0.717, 1.165) is 12.8 Å². The zero-order valence-corrected chi connectivity index (χ0v) is 10.7. The lowest BCUT2D eigenvalue weighted by Crippen LogP contribution is -2.26. The quantitative estimate of drug-likeness (QED) is 0.507. The third kappa shape index (κ3) is 18.9. The molecule has 0 bridgehead atoms. The van der Waals surface area contributed by atoms with Gasteiger partial charge < -0.3 is 11.1 Å². The lowest BCUT2D eigenvalue weighted by atomic mass is 10.3. The van der Waals surface area contributed by atoms with Crippen LogP contribution >= 0.6 is 24.8 Å². The highest BCUT2D eigenvalue weighted by Gasteiger charge is 1.94. The first-order chi connectivity index (χ1) is 5.93. The molecule has 0 aliphatic heterocycles. The molecule has 0 saturated heterocycles. The predicted molar refractivity (Wildman–Crippen MR) is 68.4 cm³/mol. The van der Waals surface area contributed by atoms with E-state index in [-0.39, 0.29) is 0 Å². The Kier molecular flexibility index (Phi) is 12.4. The van der Waals surface area contributed by atoms with Gasteiger partial charge in [-0.1, -0.05) is 26.1 Å². The first-order valence-electron chi connectivity index (χ1n) is 4.69. The van der Waals surface area contributed by atoms with E-state index in [1.54, 1.807) is 0 Å². The fourth-order valence-corrected chi connectivity index (χ4v) is 0.734. The van der Waals surface area contributed by atoms with Gasteiger partial charge in [-0.05, 0) is 26.7 Å². The van der Waals surface area contributed by atoms with Gasteiger partial charge >= 0.3 is 0 Å². The second-order valence-corrected chi connectivity index (χ2v) is 4.30. The molecule has 2 atom stereocenters. The molecule has 0 rings (SSSR count). The highest BCUT2D eigenvalue weighted by Crippen LogP contribution is 1.89. The van der Waals surface area contributed by atoms with Crippen molar-refractivity contribution in [1.82, 2.24) is 5.32 Å². The number of thiocarbonyl (C=S) groups is 1. The molecule has 0 aliphatic rings. The summed E-state index contributed by atoms with van der Waals surface area (Å²) in [6, 6.07) is 0.843. The maximum atomic E-state index is 5.29. The van der Waals surface area contributed by atoms with Crippen molar-refractivity contribution in [2.45, 2.75) is 52.6 Å². The fourth-order valence-electron chi connectivity index (χ4n) is 0.313. The molecule has 0 aromatic heterocycles. The maximum absolute atomic E-state index is 5.29. The summed E-state index contributed by atoms with van der Waals surface area (Å²) >= 11 is 8.60. The van der Waals surface area contributed by atoms with E-state index in [0.29, 0.717) is 16.4 Å². The van der Waals surface area contributed by atoms with Gasteiger partial charge in [0.1, 0.15) is 4.32 Å². The Hall–Kier alpha value is 0.200. The molecule has 4 heteroatoms. The van der Waals surface area contributed by atoms with E-state index in [2.05, 4.69) is 38.7 Å². The monoisotopic (exact) mass is 222 g/mol. The first kappa shape index (κ1) is 15.7. The van der Waals surface area contributed by atoms with Crippen LogP contribution in [-0.2, 0) is 0 Å². The van der Waals surface area contributed by atoms with Crippen LogP contribution in [0.15, 0.2) is 0 Å². The van der Waals surface area contributed by atoms with Crippen LogP contribution in [0.5, 0.6) is 0 Å². The van der Waals surface area contributed by atoms with Crippen molar-refractivity contribution in [2.75, 3.05) is 0 Å². The van der Waals surface area contributed by atoms with Crippen LogP contribution in [0.2, 0.25) is 0 Å². The molecule has 13 heavy (non-hydrogen) atoms. The highest BCUT2D eigenvalue weighted by atomic mass is 32.1. The van der Waals surface area contributed by atoms with Crippen molar-refractivity contribution in [3.8, 4) is 0 Å². The van der Waals surface area contributed by atoms with Crippen LogP contribution in [-0.4, -0.2) is 16.4 Å². The van der Waals surface area contributed by atoms with Gasteiger partial charge in [-0.3, -0.25) is 0 Å². The van der Waals surface area contributed by atoms with Crippen molar-refractivity contribution in [3.05, 3.63) is 0 Å². The summed E-state index contributed by atoms with van der Waals surface area (Å²) in [6.07, 6.45) is 2.17. The second-order valence-electron chi connectivity index (χ2n) is 3.14. The summed E-state index contributed by atoms with van der Waals surface area (Å²) in [5.74, 6) is 0. The largest absolute Gasteiger partial charge is 0.369 e. The van der Waals surface area contributed by atoms with Gasteiger partial charge in [0.2, 0.25) is 0 Å². The van der Waals surface area contributed by atoms with Gasteiger partial charge in [-0.15, -0.1) is 12.6 Å². The van der Waals surface area contributed by atoms with Crippen LogP contribution in [0.25, 0.3) is 0 Å². The predicted octanol–water partition coefficient (Wildman–Crippen LogP) is 2.33. The molecule has 0 aromatic rings. The maximum Gasteiger partial charge on any atom is 0.130 e. The van der Waals surface area contributed by atoms with Crippen molar-refractivity contribution in [3.63, 3.8) is 0 Å². The Balaban J connectivity index is 0. The van der Waals surface area contributed by atoms with Gasteiger partial charge in [-0.25, -0.2) is 0 Å². The Morgan fingerprint density at radius 2 is 1.77 bits per heavy atom. The number of nitrogens with one attached hydrogen (secondary N) is 1. The highest BCUT2D eigenvalue weighted by molar-refractivity contribution is 8.11. The fraction of sp³-hybridized carbons (Fsp3) is 0.889. The van der Waals surface area contributed by atoms with Gasteiger partial charge in [0.25, 0.3) is 0 Å². The Bertz CT molecular complexity index is 127. The lowest BCUT2D eigenvalue weighted by Gasteiger charge is -2.08. The van der Waals surface area contributed by atoms with Crippen LogP contribution in [0, 0.1) is 0 Å². The number of hydrogen-bond acceptors (Lipinski definition) is 2. The Labute approximate surface area is 93.1 Å². The second kappa shape index (κ2) is 10.3. The molecular weight excluding hydrogens is 200 g/mol. The summed E-state index contributed by atoms with van der Waals surface area (Å²) in [5, 5.41) is 2.99. The normalized spacial score (nSPS) is 13.7. The van der Waals surface area contributed by atoms with Crippen LogP contribution in [0.3, 0.4) is 0 Å². The average Bonchev–Trinajstić information content (AvgIpc) is 2.04. The van der Waals surface area contributed by atoms with Crippen molar-refractivity contribution >= 4 is 29.2 Å². The SMILES string of the molecule is CCC(C)N.CCC(C)NC(=S)S. The number of hydrogen-bond donors (Lipinski definition) is 3. The molecule has 0 aliphatic carbocycles. The van der Waals surface area contributed by atoms with Crippen LogP contribution in [0.4, 0.5) is 0 Å². The van der Waals surface area contributed by atoms with E-state index in [9.17, 15) is 0 Å². The molecule has 0 aromatic carbocycles. The van der Waals surface area contributed by atoms with E-state index >= 15 is 0 Å². The van der Waals surface area contributed by atoms with Gasteiger partial charge in [-0.2, -0.15) is 0 Å². The average molecular weight is 222 g/mol. The molecule has 0 amide bonds. The molecule has 0 fully saturated rings. The van der Waals surface area contributed by atoms with E-state index in [4.69, 9.17) is 18.0 Å². The van der Waals surface area contributed by atoms with Crippen LogP contribution < -0.4 is 11.1 Å². The van der Waals surface area contributed by atoms with Gasteiger partial charge in [0.15, 0.2) is 0 Å². The molecule has 3 N–H and O–H groups in total. The topological polar surface area (TPSA) is 38.0 Å². The summed E-state index contributed by atoms with van der Waals surface area (Å²) < 4.78 is 0.583. The van der Waals surface area contributed by atoms with Crippen molar-refractivity contribution in [1.29, 1.82) is 0 Å². The molecule has 80 valence electrons. The third-order valence-electron chi connectivity index (χ3n) is 1.63. The Morgan fingerprint density at radius 3 is 1.85 bits per heavy atom. The summed E-state index contributed by atoms with van der Waals surface area (Å²) in [7, 11) is 0. The lowest BCUT2D eigenvalue weighted by molar-refractivity contribution is 0.651. The van der Waals surface area contributed by atoms with Crippen molar-refractivity contribution in [2.24, 2.45) is 5.73 Å². The minimum Gasteiger partial charge on any atom is -0.369 e. The molecule has 0 saturated carbocycles. The molecule has 2 nitrogen and oxygen atoms in total. The minimum absolute atomic E-state index is 0.384. The van der Waals surface area contributed by atoms with Gasteiger partial charge in [0.05, 0.1) is 0 Å². The number of thiol groups is 1. The molecule has 0 heterocycles. The Morgan fingerprint density at radius 1 is 1.38 bits per heavy atom. The first-order valence-corrected chi connectivity index (χ1v) is 5.54. The minimum atomic E-state index is 0.384. The smallest absolute Gasteiger partial charge is 0.130 e. The zero-order chi connectivity index (χ0) is 10.9. The van der Waals surface area contributed by atoms with Gasteiger partial charge in [0, 0.05) is 12.1 Å². The van der Waals surface area contributed by atoms with Crippen LogP contribution in [0.1, 0.15) is 40.5 Å². The molecule has 2 unspecified atom stereocenters. The third-order valence-corrected chi connectivity index (χ3v) is 1.87. The number of nitrogens with two attached hydrogens (primary N) is 1.